The van der Waals surface area contributed by atoms with Crippen molar-refractivity contribution in [2.45, 2.75) is 45.3 Å². The Morgan fingerprint density at radius 2 is 2.29 bits per heavy atom. The number of halogens is 1. The van der Waals surface area contributed by atoms with Gasteiger partial charge in [0, 0.05) is 29.7 Å². The van der Waals surface area contributed by atoms with Gasteiger partial charge in [0.25, 0.3) is 0 Å². The van der Waals surface area contributed by atoms with Crippen LogP contribution < -0.4 is 10.1 Å². The Bertz CT molecular complexity index is 607. The molecule has 1 fully saturated rings. The maximum absolute atomic E-state index is 6.10. The summed E-state index contributed by atoms with van der Waals surface area (Å²) in [6.07, 6.45) is 7.26. The van der Waals surface area contributed by atoms with Gasteiger partial charge in [-0.05, 0) is 37.5 Å². The summed E-state index contributed by atoms with van der Waals surface area (Å²) >= 11 is 6.10. The number of nitrogens with one attached hydrogen (secondary N) is 1. The number of aryl methyl sites for hydroxylation is 1. The Labute approximate surface area is 130 Å². The van der Waals surface area contributed by atoms with E-state index in [4.69, 9.17) is 16.3 Å². The van der Waals surface area contributed by atoms with Crippen LogP contribution in [0.5, 0.6) is 11.5 Å². The largest absolute Gasteiger partial charge is 0.454 e. The van der Waals surface area contributed by atoms with Crippen molar-refractivity contribution in [3.63, 3.8) is 0 Å². The van der Waals surface area contributed by atoms with E-state index in [1.807, 2.05) is 29.1 Å². The molecule has 4 nitrogen and oxygen atoms in total. The number of nitrogens with zero attached hydrogens (tertiary/aromatic N) is 2. The molecule has 5 heteroatoms. The van der Waals surface area contributed by atoms with E-state index >= 15 is 0 Å². The van der Waals surface area contributed by atoms with Crippen molar-refractivity contribution < 1.29 is 4.74 Å². The minimum Gasteiger partial charge on any atom is -0.454 e. The molecule has 0 amide bonds. The lowest BCUT2D eigenvalue weighted by atomic mass is 10.2. The molecule has 1 aliphatic carbocycles. The second kappa shape index (κ2) is 6.50. The van der Waals surface area contributed by atoms with Crippen molar-refractivity contribution in [2.24, 2.45) is 0 Å². The van der Waals surface area contributed by atoms with Crippen LogP contribution in [0.1, 0.15) is 31.7 Å². The predicted molar refractivity (Wildman–Crippen MR) is 83.9 cm³/mol. The van der Waals surface area contributed by atoms with Crippen molar-refractivity contribution in [3.8, 4) is 11.5 Å². The highest BCUT2D eigenvalue weighted by atomic mass is 35.5. The molecule has 1 aliphatic rings. The lowest BCUT2D eigenvalue weighted by molar-refractivity contribution is 0.470. The zero-order chi connectivity index (χ0) is 14.7. The molecule has 0 bridgehead atoms. The van der Waals surface area contributed by atoms with E-state index in [-0.39, 0.29) is 0 Å². The minimum absolute atomic E-state index is 0.657. The van der Waals surface area contributed by atoms with E-state index in [2.05, 4.69) is 17.3 Å². The number of rotatable bonds is 7. The third-order valence-electron chi connectivity index (χ3n) is 3.47. The Hall–Kier alpha value is -1.52. The summed E-state index contributed by atoms with van der Waals surface area (Å²) in [5.41, 5.74) is 1.08. The molecule has 1 saturated carbocycles. The highest BCUT2D eigenvalue weighted by Gasteiger charge is 2.20. The molecule has 3 rings (SSSR count). The molecule has 2 aromatic rings. The quantitative estimate of drug-likeness (QED) is 0.840. The van der Waals surface area contributed by atoms with Crippen LogP contribution >= 0.6 is 11.6 Å². The van der Waals surface area contributed by atoms with Gasteiger partial charge in [0.15, 0.2) is 5.75 Å². The fraction of sp³-hybridized carbons (Fsp3) is 0.438. The standard InChI is InChI=1S/C16H20ClN3O/c1-2-7-20-11-15(10-19-20)21-16-6-3-13(17)8-12(16)9-18-14-4-5-14/h3,6,8,10-11,14,18H,2,4-5,7,9H2,1H3. The number of hydrogen-bond donors (Lipinski definition) is 1. The maximum Gasteiger partial charge on any atom is 0.165 e. The second-order valence-corrected chi connectivity index (χ2v) is 5.88. The Balaban J connectivity index is 1.72. The molecule has 112 valence electrons. The van der Waals surface area contributed by atoms with Gasteiger partial charge in [0.2, 0.25) is 0 Å². The molecule has 1 heterocycles. The molecule has 0 spiro atoms. The van der Waals surface area contributed by atoms with Crippen molar-refractivity contribution in [1.82, 2.24) is 15.1 Å². The molecule has 21 heavy (non-hydrogen) atoms. The Morgan fingerprint density at radius 1 is 1.43 bits per heavy atom. The van der Waals surface area contributed by atoms with Crippen LogP contribution in [0.25, 0.3) is 0 Å². The van der Waals surface area contributed by atoms with Crippen molar-refractivity contribution in [2.75, 3.05) is 0 Å². The summed E-state index contributed by atoms with van der Waals surface area (Å²) in [5, 5.41) is 8.51. The third kappa shape index (κ3) is 3.99. The monoisotopic (exact) mass is 305 g/mol. The van der Waals surface area contributed by atoms with Crippen molar-refractivity contribution in [1.29, 1.82) is 0 Å². The lowest BCUT2D eigenvalue weighted by Crippen LogP contribution is -2.15. The van der Waals surface area contributed by atoms with Gasteiger partial charge in [0.05, 0.1) is 12.4 Å². The molecule has 0 atom stereocenters. The average Bonchev–Trinajstić information content (AvgIpc) is 3.20. The van der Waals surface area contributed by atoms with Crippen LogP contribution in [0.15, 0.2) is 30.6 Å². The van der Waals surface area contributed by atoms with Gasteiger partial charge in [-0.15, -0.1) is 0 Å². The van der Waals surface area contributed by atoms with E-state index in [0.29, 0.717) is 6.04 Å². The van der Waals surface area contributed by atoms with Gasteiger partial charge in [-0.3, -0.25) is 4.68 Å². The van der Waals surface area contributed by atoms with Gasteiger partial charge in [-0.25, -0.2) is 0 Å². The zero-order valence-corrected chi connectivity index (χ0v) is 12.9. The fourth-order valence-corrected chi connectivity index (χ4v) is 2.40. The summed E-state index contributed by atoms with van der Waals surface area (Å²) in [6, 6.07) is 6.39. The summed E-state index contributed by atoms with van der Waals surface area (Å²) in [7, 11) is 0. The third-order valence-corrected chi connectivity index (χ3v) is 3.71. The maximum atomic E-state index is 6.10. The first kappa shape index (κ1) is 14.4. The van der Waals surface area contributed by atoms with Crippen LogP contribution in [0, 0.1) is 0 Å². The van der Waals surface area contributed by atoms with Crippen LogP contribution in [0.2, 0.25) is 5.02 Å². The first-order chi connectivity index (χ1) is 10.2. The normalized spacial score (nSPS) is 14.4. The lowest BCUT2D eigenvalue weighted by Gasteiger charge is -2.11. The van der Waals surface area contributed by atoms with E-state index in [0.717, 1.165) is 41.6 Å². The van der Waals surface area contributed by atoms with Gasteiger partial charge in [0.1, 0.15) is 5.75 Å². The summed E-state index contributed by atoms with van der Waals surface area (Å²) < 4.78 is 7.86. The van der Waals surface area contributed by atoms with Gasteiger partial charge < -0.3 is 10.1 Å². The highest BCUT2D eigenvalue weighted by Crippen LogP contribution is 2.29. The van der Waals surface area contributed by atoms with E-state index in [1.165, 1.54) is 12.8 Å². The van der Waals surface area contributed by atoms with E-state index < -0.39 is 0 Å². The Morgan fingerprint density at radius 3 is 3.05 bits per heavy atom. The molecule has 0 saturated heterocycles. The van der Waals surface area contributed by atoms with Crippen molar-refractivity contribution >= 4 is 11.6 Å². The summed E-state index contributed by atoms with van der Waals surface area (Å²) in [4.78, 5) is 0. The highest BCUT2D eigenvalue weighted by molar-refractivity contribution is 6.30. The smallest absolute Gasteiger partial charge is 0.165 e. The molecular weight excluding hydrogens is 286 g/mol. The van der Waals surface area contributed by atoms with Gasteiger partial charge in [-0.2, -0.15) is 5.10 Å². The molecular formula is C16H20ClN3O. The topological polar surface area (TPSA) is 39.1 Å². The minimum atomic E-state index is 0.657. The SMILES string of the molecule is CCCn1cc(Oc2ccc(Cl)cc2CNC2CC2)cn1. The van der Waals surface area contributed by atoms with Crippen LogP contribution in [0.4, 0.5) is 0 Å². The van der Waals surface area contributed by atoms with Crippen LogP contribution in [-0.2, 0) is 13.1 Å². The summed E-state index contributed by atoms with van der Waals surface area (Å²) in [6.45, 7) is 3.81. The van der Waals surface area contributed by atoms with Gasteiger partial charge >= 0.3 is 0 Å². The molecule has 0 aliphatic heterocycles. The number of ether oxygens (including phenoxy) is 1. The number of hydrogen-bond acceptors (Lipinski definition) is 3. The number of benzene rings is 1. The number of aromatic nitrogens is 2. The second-order valence-electron chi connectivity index (χ2n) is 5.45. The molecule has 1 aromatic heterocycles. The van der Waals surface area contributed by atoms with Crippen molar-refractivity contribution in [3.05, 3.63) is 41.2 Å². The van der Waals surface area contributed by atoms with Crippen LogP contribution in [-0.4, -0.2) is 15.8 Å². The zero-order valence-electron chi connectivity index (χ0n) is 12.2. The summed E-state index contributed by atoms with van der Waals surface area (Å²) in [5.74, 6) is 1.60. The molecule has 1 N–H and O–H groups in total. The first-order valence-electron chi connectivity index (χ1n) is 7.46. The molecule has 0 radical (unpaired) electrons. The fourth-order valence-electron chi connectivity index (χ4n) is 2.20. The molecule has 0 unspecified atom stereocenters. The predicted octanol–water partition coefficient (Wildman–Crippen LogP) is 3.99. The van der Waals surface area contributed by atoms with Gasteiger partial charge in [-0.1, -0.05) is 18.5 Å². The Kier molecular flexibility index (Phi) is 4.46. The average molecular weight is 306 g/mol. The molecule has 1 aromatic carbocycles. The van der Waals surface area contributed by atoms with Crippen LogP contribution in [0.3, 0.4) is 0 Å². The van der Waals surface area contributed by atoms with E-state index in [9.17, 15) is 0 Å². The van der Waals surface area contributed by atoms with E-state index in [1.54, 1.807) is 6.20 Å². The first-order valence-corrected chi connectivity index (χ1v) is 7.84.